The molecule has 1 fully saturated rings. The van der Waals surface area contributed by atoms with Crippen LogP contribution in [-0.4, -0.2) is 52.5 Å². The number of benzene rings is 5. The second kappa shape index (κ2) is 16.7. The Balaban J connectivity index is 1.14. The average Bonchev–Trinajstić information content (AvgIpc) is 3.14. The molecule has 5 aromatic rings. The molecule has 0 unspecified atom stereocenters. The molecule has 10 heteroatoms. The van der Waals surface area contributed by atoms with Gasteiger partial charge in [-0.25, -0.2) is 4.79 Å². The fraction of sp³-hybridized carbons (Fsp3) is 0.244. The molecule has 5 aromatic carbocycles. The molecule has 1 heterocycles. The van der Waals surface area contributed by atoms with Crippen LogP contribution in [-0.2, 0) is 16.1 Å². The standard InChI is InChI=1S/C41H43N3O7/c1-27-38(25-44(2)24-37(47)30-8-7-11-34(46)23-30)50-40(51-39(27)29-16-14-28(26-45)15-17-29)31-9-6-10-33(22-31)43-41(48)42-32-18-20-36(21-19-32)49-35-12-4-3-5-13-35/h3-23,27,37-40,45-47H,24-26H2,1-2H3,(H2,42,43,48)/t27-,37-,38+,39+,40+/m1/s1. The van der Waals surface area contributed by atoms with Gasteiger partial charge in [-0.05, 0) is 84.4 Å². The highest BCUT2D eigenvalue weighted by Crippen LogP contribution is 2.42. The molecule has 0 spiro atoms. The van der Waals surface area contributed by atoms with Gasteiger partial charge in [0.05, 0.1) is 24.9 Å². The third-order valence-electron chi connectivity index (χ3n) is 8.86. The summed E-state index contributed by atoms with van der Waals surface area (Å²) in [5, 5.41) is 36.1. The molecule has 1 saturated heterocycles. The zero-order valence-electron chi connectivity index (χ0n) is 28.6. The predicted octanol–water partition coefficient (Wildman–Crippen LogP) is 7.78. The molecular formula is C41H43N3O7. The van der Waals surface area contributed by atoms with Crippen molar-refractivity contribution in [3.63, 3.8) is 0 Å². The van der Waals surface area contributed by atoms with E-state index in [1.165, 1.54) is 0 Å². The van der Waals surface area contributed by atoms with Gasteiger partial charge >= 0.3 is 6.03 Å². The summed E-state index contributed by atoms with van der Waals surface area (Å²) in [6, 6.07) is 37.9. The summed E-state index contributed by atoms with van der Waals surface area (Å²) in [6.45, 7) is 2.85. The number of phenolic OH excluding ortho intramolecular Hbond substituents is 1. The number of aliphatic hydroxyl groups is 2. The number of anilines is 2. The van der Waals surface area contributed by atoms with Gasteiger partial charge in [-0.15, -0.1) is 0 Å². The van der Waals surface area contributed by atoms with Crippen molar-refractivity contribution in [2.24, 2.45) is 5.92 Å². The van der Waals surface area contributed by atoms with Crippen molar-refractivity contribution in [2.45, 2.75) is 38.1 Å². The van der Waals surface area contributed by atoms with Crippen LogP contribution in [0.5, 0.6) is 17.2 Å². The van der Waals surface area contributed by atoms with E-state index in [-0.39, 0.29) is 30.5 Å². The molecule has 0 aromatic heterocycles. The lowest BCUT2D eigenvalue weighted by Crippen LogP contribution is -2.44. The molecule has 0 radical (unpaired) electrons. The van der Waals surface area contributed by atoms with Crippen molar-refractivity contribution in [1.29, 1.82) is 0 Å². The number of hydrogen-bond donors (Lipinski definition) is 5. The maximum atomic E-state index is 13.0. The van der Waals surface area contributed by atoms with Gasteiger partial charge in [-0.1, -0.05) is 73.7 Å². The number of carbonyl (C=O) groups excluding carboxylic acids is 1. The summed E-state index contributed by atoms with van der Waals surface area (Å²) >= 11 is 0. The fourth-order valence-corrected chi connectivity index (χ4v) is 6.13. The molecule has 6 rings (SSSR count). The number of likely N-dealkylation sites (N-methyl/N-ethyl adjacent to an activating group) is 1. The average molecular weight is 690 g/mol. The number of carbonyl (C=O) groups is 1. The Morgan fingerprint density at radius 2 is 1.51 bits per heavy atom. The summed E-state index contributed by atoms with van der Waals surface area (Å²) in [6.07, 6.45) is -2.18. The Labute approximate surface area is 297 Å². The molecule has 1 aliphatic heterocycles. The number of hydrogen-bond acceptors (Lipinski definition) is 8. The van der Waals surface area contributed by atoms with Crippen molar-refractivity contribution in [2.75, 3.05) is 30.8 Å². The maximum Gasteiger partial charge on any atom is 0.323 e. The van der Waals surface area contributed by atoms with Gasteiger partial charge in [-0.2, -0.15) is 0 Å². The number of phenols is 1. The van der Waals surface area contributed by atoms with Crippen molar-refractivity contribution in [3.05, 3.63) is 150 Å². The van der Waals surface area contributed by atoms with Gasteiger partial charge in [0.2, 0.25) is 0 Å². The first-order chi connectivity index (χ1) is 24.7. The minimum atomic E-state index is -0.802. The normalized spacial score (nSPS) is 19.3. The van der Waals surface area contributed by atoms with Crippen LogP contribution >= 0.6 is 0 Å². The van der Waals surface area contributed by atoms with Crippen LogP contribution in [0.3, 0.4) is 0 Å². The number of rotatable bonds is 12. The highest BCUT2D eigenvalue weighted by Gasteiger charge is 2.39. The number of aliphatic hydroxyl groups excluding tert-OH is 2. The lowest BCUT2D eigenvalue weighted by molar-refractivity contribution is -0.276. The van der Waals surface area contributed by atoms with Crippen LogP contribution in [0.2, 0.25) is 0 Å². The minimum Gasteiger partial charge on any atom is -0.508 e. The van der Waals surface area contributed by atoms with E-state index in [4.69, 9.17) is 14.2 Å². The number of para-hydroxylation sites is 1. The van der Waals surface area contributed by atoms with Crippen LogP contribution < -0.4 is 15.4 Å². The summed E-state index contributed by atoms with van der Waals surface area (Å²) in [4.78, 5) is 15.0. The topological polar surface area (TPSA) is 133 Å². The van der Waals surface area contributed by atoms with Gasteiger partial charge in [0.15, 0.2) is 6.29 Å². The van der Waals surface area contributed by atoms with Crippen LogP contribution in [0, 0.1) is 5.92 Å². The van der Waals surface area contributed by atoms with Gasteiger partial charge in [0, 0.05) is 35.9 Å². The minimum absolute atomic E-state index is 0.0522. The maximum absolute atomic E-state index is 13.0. The largest absolute Gasteiger partial charge is 0.508 e. The van der Waals surface area contributed by atoms with E-state index in [0.717, 1.165) is 22.4 Å². The van der Waals surface area contributed by atoms with Crippen molar-refractivity contribution >= 4 is 17.4 Å². The fourth-order valence-electron chi connectivity index (χ4n) is 6.13. The second-order valence-electron chi connectivity index (χ2n) is 12.8. The predicted molar refractivity (Wildman–Crippen MR) is 196 cm³/mol. The van der Waals surface area contributed by atoms with E-state index < -0.39 is 18.4 Å². The first kappa shape index (κ1) is 35.6. The van der Waals surface area contributed by atoms with Crippen molar-refractivity contribution in [1.82, 2.24) is 4.90 Å². The second-order valence-corrected chi connectivity index (χ2v) is 12.8. The Kier molecular flexibility index (Phi) is 11.6. The molecule has 264 valence electrons. The van der Waals surface area contributed by atoms with E-state index in [1.807, 2.05) is 84.7 Å². The Bertz CT molecular complexity index is 1870. The summed E-state index contributed by atoms with van der Waals surface area (Å²) in [5.74, 6) is 1.41. The van der Waals surface area contributed by atoms with Gasteiger partial charge < -0.3 is 45.1 Å². The number of ether oxygens (including phenoxy) is 3. The molecule has 1 aliphatic rings. The van der Waals surface area contributed by atoms with Crippen LogP contribution in [0.15, 0.2) is 127 Å². The molecule has 5 atom stereocenters. The van der Waals surface area contributed by atoms with Crippen molar-refractivity contribution < 1.29 is 34.3 Å². The lowest BCUT2D eigenvalue weighted by atomic mass is 9.90. The third kappa shape index (κ3) is 9.52. The van der Waals surface area contributed by atoms with E-state index >= 15 is 0 Å². The first-order valence-corrected chi connectivity index (χ1v) is 16.9. The number of aromatic hydroxyl groups is 1. The summed E-state index contributed by atoms with van der Waals surface area (Å²) in [5.41, 5.74) is 4.28. The highest BCUT2D eigenvalue weighted by atomic mass is 16.7. The van der Waals surface area contributed by atoms with Crippen LogP contribution in [0.4, 0.5) is 16.2 Å². The van der Waals surface area contributed by atoms with Gasteiger partial charge in [0.25, 0.3) is 0 Å². The zero-order valence-corrected chi connectivity index (χ0v) is 28.6. The number of urea groups is 1. The van der Waals surface area contributed by atoms with Crippen molar-refractivity contribution in [3.8, 4) is 17.2 Å². The highest BCUT2D eigenvalue weighted by molar-refractivity contribution is 5.99. The quantitative estimate of drug-likeness (QED) is 0.0898. The molecule has 10 nitrogen and oxygen atoms in total. The SMILES string of the molecule is C[C@@H]1[C@H](CN(C)C[C@@H](O)c2cccc(O)c2)O[C@H](c2cccc(NC(=O)Nc3ccc(Oc4ccccc4)cc3)c2)O[C@@H]1c1ccc(CO)cc1. The molecule has 0 bridgehead atoms. The molecular weight excluding hydrogens is 646 g/mol. The van der Waals surface area contributed by atoms with E-state index in [0.29, 0.717) is 35.8 Å². The summed E-state index contributed by atoms with van der Waals surface area (Å²) in [7, 11) is 1.92. The zero-order chi connectivity index (χ0) is 35.7. The molecule has 51 heavy (non-hydrogen) atoms. The Hall–Kier alpha value is -5.23. The van der Waals surface area contributed by atoms with E-state index in [9.17, 15) is 20.1 Å². The number of nitrogens with zero attached hydrogens (tertiary/aromatic N) is 1. The lowest BCUT2D eigenvalue weighted by Gasteiger charge is -2.42. The number of amides is 2. The Morgan fingerprint density at radius 3 is 2.24 bits per heavy atom. The van der Waals surface area contributed by atoms with E-state index in [2.05, 4.69) is 17.6 Å². The summed E-state index contributed by atoms with van der Waals surface area (Å²) < 4.78 is 19.1. The van der Waals surface area contributed by atoms with Crippen LogP contribution in [0.1, 0.15) is 47.7 Å². The van der Waals surface area contributed by atoms with E-state index in [1.54, 1.807) is 54.6 Å². The monoisotopic (exact) mass is 689 g/mol. The smallest absolute Gasteiger partial charge is 0.323 e. The van der Waals surface area contributed by atoms with Gasteiger partial charge in [-0.3, -0.25) is 0 Å². The third-order valence-corrected chi connectivity index (χ3v) is 8.86. The molecule has 0 saturated carbocycles. The molecule has 5 N–H and O–H groups in total. The Morgan fingerprint density at radius 1 is 0.804 bits per heavy atom. The number of nitrogens with one attached hydrogen (secondary N) is 2. The van der Waals surface area contributed by atoms with Gasteiger partial charge in [0.1, 0.15) is 17.2 Å². The molecule has 0 aliphatic carbocycles. The van der Waals surface area contributed by atoms with Crippen LogP contribution in [0.25, 0.3) is 0 Å². The first-order valence-electron chi connectivity index (χ1n) is 16.9. The molecule has 2 amide bonds.